The second-order valence-electron chi connectivity index (χ2n) is 5.83. The van der Waals surface area contributed by atoms with E-state index in [4.69, 9.17) is 4.74 Å². The molecule has 0 saturated carbocycles. The van der Waals surface area contributed by atoms with E-state index >= 15 is 0 Å². The molecule has 0 aromatic heterocycles. The van der Waals surface area contributed by atoms with Crippen LogP contribution in [0.3, 0.4) is 0 Å². The molecule has 116 valence electrons. The molecule has 5 nitrogen and oxygen atoms in total. The molecule has 1 atom stereocenters. The fourth-order valence-corrected chi connectivity index (χ4v) is 1.99. The van der Waals surface area contributed by atoms with Crippen LogP contribution in [0.25, 0.3) is 0 Å². The normalized spacial score (nSPS) is 12.6. The fourth-order valence-electron chi connectivity index (χ4n) is 1.99. The number of aromatic hydroxyl groups is 1. The maximum atomic E-state index is 12.5. The Morgan fingerprint density at radius 3 is 2.57 bits per heavy atom. The average molecular weight is 293 g/mol. The Morgan fingerprint density at radius 1 is 1.43 bits per heavy atom. The highest BCUT2D eigenvalue weighted by molar-refractivity contribution is 5.89. The van der Waals surface area contributed by atoms with E-state index in [9.17, 15) is 14.7 Å². The minimum atomic E-state index is -0.633. The van der Waals surface area contributed by atoms with Crippen molar-refractivity contribution < 1.29 is 19.4 Å². The van der Waals surface area contributed by atoms with Gasteiger partial charge in [-0.15, -0.1) is 0 Å². The zero-order valence-corrected chi connectivity index (χ0v) is 13.0. The standard InChI is InChI=1S/C16H23NO4/c1-5-12(9-10-18)17(15(20)21-16(2,3)4)13-7-6-8-14(19)11-13/h6-8,10-12,19H,5,9H2,1-4H3. The zero-order chi connectivity index (χ0) is 16.0. The monoisotopic (exact) mass is 293 g/mol. The quantitative estimate of drug-likeness (QED) is 0.844. The van der Waals surface area contributed by atoms with Gasteiger partial charge in [-0.2, -0.15) is 0 Å². The molecule has 1 rings (SSSR count). The molecule has 1 unspecified atom stereocenters. The second kappa shape index (κ2) is 7.11. The summed E-state index contributed by atoms with van der Waals surface area (Å²) in [5.74, 6) is 0.0574. The summed E-state index contributed by atoms with van der Waals surface area (Å²) in [6.07, 6.45) is 1.08. The molecule has 0 heterocycles. The number of carbonyl (C=O) groups excluding carboxylic acids is 2. The van der Waals surface area contributed by atoms with E-state index in [0.717, 1.165) is 6.29 Å². The molecule has 0 radical (unpaired) electrons. The summed E-state index contributed by atoms with van der Waals surface area (Å²) in [7, 11) is 0. The average Bonchev–Trinajstić information content (AvgIpc) is 2.36. The highest BCUT2D eigenvalue weighted by Gasteiger charge is 2.28. The number of aldehydes is 1. The van der Waals surface area contributed by atoms with Gasteiger partial charge in [-0.3, -0.25) is 4.90 Å². The van der Waals surface area contributed by atoms with Gasteiger partial charge in [0.1, 0.15) is 17.6 Å². The SMILES string of the molecule is CCC(CC=O)N(C(=O)OC(C)(C)C)c1cccc(O)c1. The van der Waals surface area contributed by atoms with E-state index in [-0.39, 0.29) is 18.2 Å². The summed E-state index contributed by atoms with van der Waals surface area (Å²) in [5, 5.41) is 9.61. The lowest BCUT2D eigenvalue weighted by Gasteiger charge is -2.32. The number of rotatable bonds is 5. The van der Waals surface area contributed by atoms with Gasteiger partial charge in [-0.1, -0.05) is 13.0 Å². The lowest BCUT2D eigenvalue weighted by molar-refractivity contribution is -0.108. The highest BCUT2D eigenvalue weighted by atomic mass is 16.6. The number of carbonyl (C=O) groups is 2. The first-order valence-electron chi connectivity index (χ1n) is 7.03. The molecule has 1 aromatic rings. The number of benzene rings is 1. The topological polar surface area (TPSA) is 66.8 Å². The second-order valence-corrected chi connectivity index (χ2v) is 5.83. The van der Waals surface area contributed by atoms with Crippen molar-refractivity contribution in [1.29, 1.82) is 0 Å². The van der Waals surface area contributed by atoms with Crippen LogP contribution in [0.5, 0.6) is 5.75 Å². The van der Waals surface area contributed by atoms with Crippen molar-refractivity contribution in [3.8, 4) is 5.75 Å². The van der Waals surface area contributed by atoms with E-state index in [1.807, 2.05) is 6.92 Å². The molecule has 5 heteroatoms. The molecule has 0 bridgehead atoms. The molecular weight excluding hydrogens is 270 g/mol. The van der Waals surface area contributed by atoms with Crippen LogP contribution in [0.2, 0.25) is 0 Å². The molecule has 0 saturated heterocycles. The van der Waals surface area contributed by atoms with Gasteiger partial charge in [0.15, 0.2) is 0 Å². The van der Waals surface area contributed by atoms with Crippen LogP contribution in [-0.2, 0) is 9.53 Å². The number of anilines is 1. The zero-order valence-electron chi connectivity index (χ0n) is 13.0. The number of phenols is 1. The Hall–Kier alpha value is -2.04. The number of amides is 1. The van der Waals surface area contributed by atoms with E-state index in [0.29, 0.717) is 12.1 Å². The third kappa shape index (κ3) is 5.10. The molecular formula is C16H23NO4. The van der Waals surface area contributed by atoms with Gasteiger partial charge < -0.3 is 14.6 Å². The lowest BCUT2D eigenvalue weighted by atomic mass is 10.1. The van der Waals surface area contributed by atoms with Crippen LogP contribution in [-0.4, -0.2) is 29.1 Å². The largest absolute Gasteiger partial charge is 0.508 e. The first kappa shape index (κ1) is 17.0. The summed E-state index contributed by atoms with van der Waals surface area (Å²) in [6, 6.07) is 6.06. The van der Waals surface area contributed by atoms with Crippen molar-refractivity contribution in [2.24, 2.45) is 0 Å². The Morgan fingerprint density at radius 2 is 2.10 bits per heavy atom. The van der Waals surface area contributed by atoms with Gasteiger partial charge >= 0.3 is 6.09 Å². The number of ether oxygens (including phenoxy) is 1. The number of nitrogens with zero attached hydrogens (tertiary/aromatic N) is 1. The predicted molar refractivity (Wildman–Crippen MR) is 81.6 cm³/mol. The number of hydrogen-bond acceptors (Lipinski definition) is 4. The highest BCUT2D eigenvalue weighted by Crippen LogP contribution is 2.26. The van der Waals surface area contributed by atoms with Crippen molar-refractivity contribution in [3.05, 3.63) is 24.3 Å². The summed E-state index contributed by atoms with van der Waals surface area (Å²) in [6.45, 7) is 7.25. The first-order valence-corrected chi connectivity index (χ1v) is 7.03. The van der Waals surface area contributed by atoms with Gasteiger partial charge in [-0.05, 0) is 39.3 Å². The molecule has 21 heavy (non-hydrogen) atoms. The molecule has 1 aromatic carbocycles. The molecule has 0 fully saturated rings. The number of phenolic OH excluding ortho intramolecular Hbond substituents is 1. The first-order chi connectivity index (χ1) is 9.78. The van der Waals surface area contributed by atoms with Gasteiger partial charge in [0.2, 0.25) is 0 Å². The third-order valence-electron chi connectivity index (χ3n) is 2.90. The Kier molecular flexibility index (Phi) is 5.76. The van der Waals surface area contributed by atoms with Crippen molar-refractivity contribution in [1.82, 2.24) is 0 Å². The van der Waals surface area contributed by atoms with Gasteiger partial charge in [0, 0.05) is 18.5 Å². The van der Waals surface area contributed by atoms with E-state index in [2.05, 4.69) is 0 Å². The molecule has 0 aliphatic carbocycles. The summed E-state index contributed by atoms with van der Waals surface area (Å²) in [4.78, 5) is 24.7. The Bertz CT molecular complexity index is 493. The Labute approximate surface area is 125 Å². The van der Waals surface area contributed by atoms with Gasteiger partial charge in [0.05, 0.1) is 5.69 Å². The molecule has 0 aliphatic heterocycles. The van der Waals surface area contributed by atoms with Crippen LogP contribution in [0.4, 0.5) is 10.5 Å². The molecule has 1 N–H and O–H groups in total. The van der Waals surface area contributed by atoms with Crippen molar-refractivity contribution in [2.45, 2.75) is 52.2 Å². The maximum Gasteiger partial charge on any atom is 0.415 e. The minimum absolute atomic E-state index is 0.0574. The fraction of sp³-hybridized carbons (Fsp3) is 0.500. The van der Waals surface area contributed by atoms with Gasteiger partial charge in [-0.25, -0.2) is 4.79 Å². The van der Waals surface area contributed by atoms with E-state index in [1.54, 1.807) is 32.9 Å². The summed E-state index contributed by atoms with van der Waals surface area (Å²) in [5.41, 5.74) is -0.121. The van der Waals surface area contributed by atoms with Crippen LogP contribution in [0, 0.1) is 0 Å². The van der Waals surface area contributed by atoms with Crippen molar-refractivity contribution >= 4 is 18.1 Å². The minimum Gasteiger partial charge on any atom is -0.508 e. The van der Waals surface area contributed by atoms with E-state index < -0.39 is 11.7 Å². The summed E-state index contributed by atoms with van der Waals surface area (Å²) >= 11 is 0. The molecule has 0 aliphatic rings. The van der Waals surface area contributed by atoms with Crippen LogP contribution < -0.4 is 4.90 Å². The Balaban J connectivity index is 3.15. The number of hydrogen-bond donors (Lipinski definition) is 1. The van der Waals surface area contributed by atoms with E-state index in [1.165, 1.54) is 17.0 Å². The van der Waals surface area contributed by atoms with Crippen LogP contribution >= 0.6 is 0 Å². The maximum absolute atomic E-state index is 12.5. The third-order valence-corrected chi connectivity index (χ3v) is 2.90. The summed E-state index contributed by atoms with van der Waals surface area (Å²) < 4.78 is 5.41. The smallest absolute Gasteiger partial charge is 0.415 e. The van der Waals surface area contributed by atoms with Crippen molar-refractivity contribution in [2.75, 3.05) is 4.90 Å². The predicted octanol–water partition coefficient (Wildman–Crippen LogP) is 3.50. The lowest BCUT2D eigenvalue weighted by Crippen LogP contribution is -2.43. The van der Waals surface area contributed by atoms with Gasteiger partial charge in [0.25, 0.3) is 0 Å². The van der Waals surface area contributed by atoms with Crippen LogP contribution in [0.15, 0.2) is 24.3 Å². The van der Waals surface area contributed by atoms with Crippen LogP contribution in [0.1, 0.15) is 40.5 Å². The molecule has 1 amide bonds. The molecule has 0 spiro atoms. The van der Waals surface area contributed by atoms with Crippen molar-refractivity contribution in [3.63, 3.8) is 0 Å².